The van der Waals surface area contributed by atoms with Crippen molar-refractivity contribution in [3.05, 3.63) is 33.4 Å². The first kappa shape index (κ1) is 17.8. The van der Waals surface area contributed by atoms with Crippen LogP contribution in [0.2, 0.25) is 15.2 Å². The Morgan fingerprint density at radius 2 is 1.88 bits per heavy atom. The molecule has 0 atom stereocenters. The summed E-state index contributed by atoms with van der Waals surface area (Å²) in [6.45, 7) is 3.63. The highest BCUT2D eigenvalue weighted by Gasteiger charge is 2.28. The van der Waals surface area contributed by atoms with Crippen molar-refractivity contribution in [2.45, 2.75) is 25.3 Å². The molecule has 4 rings (SSSR count). The summed E-state index contributed by atoms with van der Waals surface area (Å²) in [5.74, 6) is 0.630. The van der Waals surface area contributed by atoms with Gasteiger partial charge in [0.05, 0.1) is 15.7 Å². The van der Waals surface area contributed by atoms with E-state index in [1.807, 2.05) is 12.1 Å². The molecule has 3 N–H and O–H groups in total. The van der Waals surface area contributed by atoms with Crippen molar-refractivity contribution in [1.82, 2.24) is 20.2 Å². The number of nitrogens with zero attached hydrogens (tertiary/aromatic N) is 4. The second kappa shape index (κ2) is 6.53. The van der Waals surface area contributed by atoms with E-state index in [1.165, 1.54) is 0 Å². The van der Waals surface area contributed by atoms with Crippen LogP contribution in [0.1, 0.15) is 19.8 Å². The zero-order chi connectivity index (χ0) is 18.5. The van der Waals surface area contributed by atoms with E-state index in [1.54, 1.807) is 6.07 Å². The molecule has 26 heavy (non-hydrogen) atoms. The molecule has 0 unspecified atom stereocenters. The lowest BCUT2D eigenvalue weighted by molar-refractivity contribution is 0.363. The Labute approximate surface area is 165 Å². The number of H-pyrrole nitrogens is 1. The summed E-state index contributed by atoms with van der Waals surface area (Å²) in [6, 6.07) is 5.39. The lowest BCUT2D eigenvalue weighted by Gasteiger charge is -2.37. The molecule has 3 heterocycles. The number of nitrogens with one attached hydrogen (secondary N) is 1. The second-order valence-electron chi connectivity index (χ2n) is 6.85. The molecule has 136 valence electrons. The van der Waals surface area contributed by atoms with Gasteiger partial charge in [0.15, 0.2) is 11.0 Å². The highest BCUT2D eigenvalue weighted by atomic mass is 35.5. The Kier molecular flexibility index (Phi) is 4.47. The predicted molar refractivity (Wildman–Crippen MR) is 106 cm³/mol. The predicted octanol–water partition coefficient (Wildman–Crippen LogP) is 4.30. The lowest BCUT2D eigenvalue weighted by atomic mass is 9.91. The Balaban J connectivity index is 1.75. The minimum atomic E-state index is -0.149. The average molecular weight is 412 g/mol. The zero-order valence-electron chi connectivity index (χ0n) is 14.1. The van der Waals surface area contributed by atoms with Crippen LogP contribution in [0, 0.1) is 0 Å². The fourth-order valence-corrected chi connectivity index (χ4v) is 3.76. The molecule has 2 aromatic heterocycles. The number of aromatic nitrogens is 4. The summed E-state index contributed by atoms with van der Waals surface area (Å²) < 4.78 is 0. The molecule has 0 amide bonds. The number of nitrogens with two attached hydrogens (primary N) is 1. The topological polar surface area (TPSA) is 83.7 Å². The molecule has 1 fully saturated rings. The van der Waals surface area contributed by atoms with Gasteiger partial charge in [-0.15, -0.1) is 0 Å². The first-order valence-corrected chi connectivity index (χ1v) is 9.39. The van der Waals surface area contributed by atoms with Crippen molar-refractivity contribution in [3.63, 3.8) is 0 Å². The van der Waals surface area contributed by atoms with E-state index < -0.39 is 0 Å². The standard InChI is InChI=1S/C17H17Cl3N6/c1-17(21)5-7-26(8-6-17)16-14(20)22-13-12(24-25-15(13)23-16)9-3-2-4-10(18)11(9)19/h2-4H,5-8,21H2,1H3,(H,23,24,25). The molecule has 0 radical (unpaired) electrons. The summed E-state index contributed by atoms with van der Waals surface area (Å²) in [4.78, 5) is 11.2. The van der Waals surface area contributed by atoms with Gasteiger partial charge in [0.25, 0.3) is 0 Å². The van der Waals surface area contributed by atoms with Gasteiger partial charge in [0.1, 0.15) is 5.52 Å². The highest BCUT2D eigenvalue weighted by Crippen LogP contribution is 2.36. The molecule has 6 nitrogen and oxygen atoms in total. The summed E-state index contributed by atoms with van der Waals surface area (Å²) in [7, 11) is 0. The van der Waals surface area contributed by atoms with Gasteiger partial charge in [0, 0.05) is 24.2 Å². The first-order valence-electron chi connectivity index (χ1n) is 8.25. The third-order valence-corrected chi connectivity index (χ3v) is 5.83. The van der Waals surface area contributed by atoms with Crippen LogP contribution in [0.15, 0.2) is 18.2 Å². The molecule has 1 aromatic carbocycles. The molecule has 0 saturated carbocycles. The van der Waals surface area contributed by atoms with Crippen molar-refractivity contribution in [2.24, 2.45) is 5.73 Å². The number of piperidine rings is 1. The van der Waals surface area contributed by atoms with E-state index in [-0.39, 0.29) is 5.54 Å². The Morgan fingerprint density at radius 3 is 2.62 bits per heavy atom. The maximum Gasteiger partial charge on any atom is 0.202 e. The number of benzene rings is 1. The first-order chi connectivity index (χ1) is 12.4. The Hall–Kier alpha value is -1.60. The molecule has 0 aliphatic carbocycles. The molecule has 3 aromatic rings. The lowest BCUT2D eigenvalue weighted by Crippen LogP contribution is -2.48. The second-order valence-corrected chi connectivity index (χ2v) is 7.99. The molecule has 9 heteroatoms. The molecule has 0 spiro atoms. The van der Waals surface area contributed by atoms with Crippen LogP contribution in [0.5, 0.6) is 0 Å². The number of aromatic amines is 1. The van der Waals surface area contributed by atoms with Gasteiger partial charge in [-0.3, -0.25) is 5.10 Å². The SMILES string of the molecule is CC1(N)CCN(c2nc3n[nH]c(-c4cccc(Cl)c4Cl)c3nc2Cl)CC1. The van der Waals surface area contributed by atoms with Gasteiger partial charge in [-0.25, -0.2) is 9.97 Å². The van der Waals surface area contributed by atoms with E-state index in [0.717, 1.165) is 25.9 Å². The monoisotopic (exact) mass is 410 g/mol. The summed E-state index contributed by atoms with van der Waals surface area (Å²) >= 11 is 18.9. The highest BCUT2D eigenvalue weighted by molar-refractivity contribution is 6.43. The van der Waals surface area contributed by atoms with E-state index in [4.69, 9.17) is 40.5 Å². The quantitative estimate of drug-likeness (QED) is 0.657. The van der Waals surface area contributed by atoms with E-state index in [9.17, 15) is 0 Å². The minimum absolute atomic E-state index is 0.149. The maximum atomic E-state index is 6.45. The third kappa shape index (κ3) is 3.11. The van der Waals surface area contributed by atoms with Crippen LogP contribution in [-0.2, 0) is 0 Å². The van der Waals surface area contributed by atoms with Crippen LogP contribution in [-0.4, -0.2) is 38.8 Å². The smallest absolute Gasteiger partial charge is 0.202 e. The van der Waals surface area contributed by atoms with Gasteiger partial charge in [-0.05, 0) is 25.8 Å². The van der Waals surface area contributed by atoms with E-state index in [2.05, 4.69) is 32.0 Å². The zero-order valence-corrected chi connectivity index (χ0v) is 16.3. The largest absolute Gasteiger partial charge is 0.354 e. The van der Waals surface area contributed by atoms with Gasteiger partial charge in [-0.1, -0.05) is 46.9 Å². The number of halogens is 3. The van der Waals surface area contributed by atoms with Crippen LogP contribution in [0.25, 0.3) is 22.4 Å². The van der Waals surface area contributed by atoms with E-state index in [0.29, 0.717) is 43.4 Å². The van der Waals surface area contributed by atoms with E-state index >= 15 is 0 Å². The molecule has 0 bridgehead atoms. The summed E-state index contributed by atoms with van der Waals surface area (Å²) in [6.07, 6.45) is 1.74. The van der Waals surface area contributed by atoms with Crippen LogP contribution >= 0.6 is 34.8 Å². The number of hydrogen-bond acceptors (Lipinski definition) is 5. The van der Waals surface area contributed by atoms with Crippen LogP contribution in [0.4, 0.5) is 5.82 Å². The van der Waals surface area contributed by atoms with Crippen LogP contribution < -0.4 is 10.6 Å². The number of hydrogen-bond donors (Lipinski definition) is 2. The number of rotatable bonds is 2. The summed E-state index contributed by atoms with van der Waals surface area (Å²) in [5, 5.41) is 8.46. The molecular weight excluding hydrogens is 395 g/mol. The van der Waals surface area contributed by atoms with Gasteiger partial charge in [-0.2, -0.15) is 5.10 Å². The van der Waals surface area contributed by atoms with Crippen molar-refractivity contribution in [3.8, 4) is 11.3 Å². The van der Waals surface area contributed by atoms with Crippen molar-refractivity contribution >= 4 is 51.8 Å². The van der Waals surface area contributed by atoms with Gasteiger partial charge in [0.2, 0.25) is 5.65 Å². The molecule has 1 aliphatic heterocycles. The normalized spacial score (nSPS) is 17.0. The fraction of sp³-hybridized carbons (Fsp3) is 0.353. The average Bonchev–Trinajstić information content (AvgIpc) is 2.99. The van der Waals surface area contributed by atoms with Crippen LogP contribution in [0.3, 0.4) is 0 Å². The van der Waals surface area contributed by atoms with Gasteiger partial charge >= 0.3 is 0 Å². The fourth-order valence-electron chi connectivity index (χ4n) is 3.12. The van der Waals surface area contributed by atoms with Gasteiger partial charge < -0.3 is 10.6 Å². The molecule has 1 aliphatic rings. The third-order valence-electron chi connectivity index (χ3n) is 4.75. The Morgan fingerprint density at radius 1 is 1.15 bits per heavy atom. The number of fused-ring (bicyclic) bond motifs is 1. The molecular formula is C17H17Cl3N6. The Bertz CT molecular complexity index is 974. The minimum Gasteiger partial charge on any atom is -0.354 e. The molecule has 1 saturated heterocycles. The van der Waals surface area contributed by atoms with Crippen molar-refractivity contribution in [1.29, 1.82) is 0 Å². The summed E-state index contributed by atoms with van der Waals surface area (Å²) in [5.41, 5.74) is 8.44. The number of anilines is 1. The maximum absolute atomic E-state index is 6.45. The van der Waals surface area contributed by atoms with Crippen molar-refractivity contribution in [2.75, 3.05) is 18.0 Å². The van der Waals surface area contributed by atoms with Crippen molar-refractivity contribution < 1.29 is 0 Å².